The Balaban J connectivity index is 0.000000852. The van der Waals surface area contributed by atoms with E-state index in [0.29, 0.717) is 36.6 Å². The summed E-state index contributed by atoms with van der Waals surface area (Å²) in [6, 6.07) is 0.466. The average molecular weight is 727 g/mol. The third-order valence-electron chi connectivity index (χ3n) is 10.5. The molecule has 5 N–H and O–H groups in total. The van der Waals surface area contributed by atoms with Crippen LogP contribution in [0.1, 0.15) is 114 Å². The number of carbonyl (C=O) groups is 1. The van der Waals surface area contributed by atoms with Crippen molar-refractivity contribution < 1.29 is 61.5 Å². The Morgan fingerprint density at radius 3 is 2.04 bits per heavy atom. The van der Waals surface area contributed by atoms with Crippen LogP contribution >= 0.6 is 0 Å². The van der Waals surface area contributed by atoms with Gasteiger partial charge in [0.05, 0.1) is 18.3 Å². The molecule has 9 unspecified atom stereocenters. The summed E-state index contributed by atoms with van der Waals surface area (Å²) < 4.78 is 23.3. The summed E-state index contributed by atoms with van der Waals surface area (Å²) in [5.74, 6) is 1.30. The van der Waals surface area contributed by atoms with Crippen molar-refractivity contribution in [1.82, 2.24) is 4.90 Å². The second kappa shape index (κ2) is 22.5. The van der Waals surface area contributed by atoms with Gasteiger partial charge in [-0.25, -0.2) is 0 Å². The number of carbonyl (C=O) groups excluding carboxylic acids is 1. The first kappa shape index (κ1) is 47.6. The maximum Gasteiger partial charge on any atom is -0.412 e. The molecular formula is C37H73NO9V. The Morgan fingerprint density at radius 2 is 1.56 bits per heavy atom. The van der Waals surface area contributed by atoms with Crippen LogP contribution in [0.25, 0.3) is 0 Å². The number of aliphatic hydroxyl groups excluding tert-OH is 2. The van der Waals surface area contributed by atoms with Gasteiger partial charge in [-0.15, -0.1) is 0 Å². The minimum atomic E-state index is -1.06. The van der Waals surface area contributed by atoms with Crippen molar-refractivity contribution in [2.75, 3.05) is 27.8 Å². The molecule has 11 heteroatoms. The molecule has 285 valence electrons. The van der Waals surface area contributed by atoms with Crippen molar-refractivity contribution in [3.8, 4) is 0 Å². The molecule has 0 saturated carbocycles. The number of hydrogen-bond donors (Lipinski definition) is 3. The number of ether oxygens (including phenoxy) is 4. The molecule has 3 aliphatic rings. The molecule has 0 aliphatic carbocycles. The molecule has 3 saturated heterocycles. The molecule has 48 heavy (non-hydrogen) atoms. The Labute approximate surface area is 301 Å². The number of methoxy groups -OCH3 is 1. The molecule has 14 atom stereocenters. The summed E-state index contributed by atoms with van der Waals surface area (Å²) in [7, 11) is 5.75. The number of esters is 1. The normalized spacial score (nSPS) is 41.7. The first-order valence-electron chi connectivity index (χ1n) is 18.1. The van der Waals surface area contributed by atoms with Gasteiger partial charge in [-0.1, -0.05) is 6.92 Å². The van der Waals surface area contributed by atoms with Crippen molar-refractivity contribution in [1.29, 1.82) is 0 Å². The van der Waals surface area contributed by atoms with E-state index in [1.165, 1.54) is 4.23 Å². The first-order chi connectivity index (χ1) is 21.7. The molecular weight excluding hydrogens is 653 g/mol. The second-order valence-electron chi connectivity index (χ2n) is 15.5. The summed E-state index contributed by atoms with van der Waals surface area (Å²) in [5.41, 5.74) is -1.06. The zero-order chi connectivity index (χ0) is 36.2. The van der Waals surface area contributed by atoms with Crippen LogP contribution in [0.3, 0.4) is 0 Å². The molecule has 0 aromatic rings. The zero-order valence-electron chi connectivity index (χ0n) is 32.4. The van der Waals surface area contributed by atoms with Crippen molar-refractivity contribution in [3.63, 3.8) is 0 Å². The minimum Gasteiger partial charge on any atom is -0.412 e. The first-order valence-corrected chi connectivity index (χ1v) is 18.8. The van der Waals surface area contributed by atoms with E-state index in [-0.39, 0.29) is 53.6 Å². The Bertz CT molecular complexity index is 901. The fourth-order valence-electron chi connectivity index (χ4n) is 7.58. The van der Waals surface area contributed by atoms with Gasteiger partial charge in [-0.05, 0) is 46.7 Å². The van der Waals surface area contributed by atoms with Crippen LogP contribution in [0.5, 0.6) is 0 Å². The van der Waals surface area contributed by atoms with Crippen molar-refractivity contribution in [3.05, 3.63) is 0 Å². The van der Waals surface area contributed by atoms with Crippen molar-refractivity contribution >= 4 is 10.2 Å². The number of hydrogen-bond acceptors (Lipinski definition) is 9. The molecule has 10 nitrogen and oxygen atoms in total. The Kier molecular flexibility index (Phi) is 22.3. The number of aliphatic hydroxyl groups is 3. The molecule has 0 spiro atoms. The predicted molar refractivity (Wildman–Crippen MR) is 188 cm³/mol. The summed E-state index contributed by atoms with van der Waals surface area (Å²) in [4.78, 5) is 15.0. The molecule has 0 radical (unpaired) electrons. The van der Waals surface area contributed by atoms with E-state index >= 15 is 0 Å². The molecule has 0 amide bonds. The third kappa shape index (κ3) is 15.5. The summed E-state index contributed by atoms with van der Waals surface area (Å²) >= 11 is 2.74. The monoisotopic (exact) mass is 726 g/mol. The molecule has 0 aromatic carbocycles. The van der Waals surface area contributed by atoms with Gasteiger partial charge >= 0.3 is 175 Å². The average Bonchev–Trinajstić information content (AvgIpc) is 2.97. The van der Waals surface area contributed by atoms with Gasteiger partial charge in [0, 0.05) is 19.1 Å². The van der Waals surface area contributed by atoms with Crippen LogP contribution < -0.4 is 0 Å². The van der Waals surface area contributed by atoms with Crippen LogP contribution in [0.15, 0.2) is 0 Å². The summed E-state index contributed by atoms with van der Waals surface area (Å²) in [5, 5.41) is 29.7. The van der Waals surface area contributed by atoms with E-state index in [1.807, 2.05) is 41.8 Å². The van der Waals surface area contributed by atoms with E-state index in [2.05, 4.69) is 56.5 Å². The van der Waals surface area contributed by atoms with Gasteiger partial charge in [-0.3, -0.25) is 0 Å². The molecule has 3 fully saturated rings. The molecule has 3 rings (SSSR count). The van der Waals surface area contributed by atoms with Gasteiger partial charge in [-0.2, -0.15) is 0 Å². The number of cyclic esters (lactones) is 1. The standard InChI is InChI=1S/C22H40O4.C8H17NO2.C7H14O2.H2O.V/c1-9-19-22(7,24)13-16(4)11-14(2)10-15(3)12-17(5)20(25-8)18(6)21(23)26-19;1-6-4-7(9(2)3)5-8(10)11-6;1-5-3-4-9-6(2)7(5)8;;/h14-20,24H,9-10,12-13H2,1-8H3;6-8,10H,4-5H2,1-3H3;5-8H,3-4H2,1-2H3;1H2;/t14-,15+,16+,17?,18?,19?,20?,22+;;5?,6?,7-;;/m1.1../s1. The SMILES string of the molecule is CC1CC(N(C)C)CC(O)O1.CC1CCOC(C)[C@@H]1O.CCC1OC(=O)C(C)C(OC)C(C)C[C@@H](C)C[C@@H](C)[C](=[V])[C@H](C)C[C@]1(C)O.O. The van der Waals surface area contributed by atoms with Crippen LogP contribution in [0.4, 0.5) is 0 Å². The second-order valence-corrected chi connectivity index (χ2v) is 16.3. The minimum absolute atomic E-state index is 0. The summed E-state index contributed by atoms with van der Waals surface area (Å²) in [6.07, 6.45) is 4.75. The summed E-state index contributed by atoms with van der Waals surface area (Å²) in [6.45, 7) is 21.3. The smallest absolute Gasteiger partial charge is 0.412 e. The molecule has 3 heterocycles. The Hall–Kier alpha value is -0.396. The zero-order valence-corrected chi connectivity index (χ0v) is 33.8. The van der Waals surface area contributed by atoms with Gasteiger partial charge in [0.15, 0.2) is 6.29 Å². The van der Waals surface area contributed by atoms with E-state index in [4.69, 9.17) is 18.9 Å². The van der Waals surface area contributed by atoms with E-state index in [0.717, 1.165) is 38.7 Å². The fourth-order valence-corrected chi connectivity index (χ4v) is 7.88. The van der Waals surface area contributed by atoms with Crippen molar-refractivity contribution in [2.24, 2.45) is 35.5 Å². The molecule has 0 bridgehead atoms. The van der Waals surface area contributed by atoms with Gasteiger partial charge in [0.1, 0.15) is 0 Å². The molecule has 0 aromatic heterocycles. The van der Waals surface area contributed by atoms with Crippen LogP contribution in [-0.2, 0) is 40.7 Å². The van der Waals surface area contributed by atoms with Crippen LogP contribution in [0, 0.1) is 35.5 Å². The van der Waals surface area contributed by atoms with Gasteiger partial charge < -0.3 is 30.1 Å². The van der Waals surface area contributed by atoms with E-state index < -0.39 is 18.0 Å². The molecule has 3 aliphatic heterocycles. The Morgan fingerprint density at radius 1 is 0.958 bits per heavy atom. The van der Waals surface area contributed by atoms with E-state index in [9.17, 15) is 20.1 Å². The van der Waals surface area contributed by atoms with E-state index in [1.54, 1.807) is 14.0 Å². The maximum absolute atomic E-state index is 12.8. The predicted octanol–water partition coefficient (Wildman–Crippen LogP) is 4.56. The van der Waals surface area contributed by atoms with Crippen molar-refractivity contribution in [2.45, 2.75) is 163 Å². The fraction of sp³-hybridized carbons (Fsp3) is 0.946. The quantitative estimate of drug-likeness (QED) is 0.356. The number of rotatable bonds is 3. The third-order valence-corrected chi connectivity index (χ3v) is 11.9. The van der Waals surface area contributed by atoms with Crippen LogP contribution in [0.2, 0.25) is 0 Å². The number of nitrogens with zero attached hydrogens (tertiary/aromatic N) is 1. The van der Waals surface area contributed by atoms with Gasteiger partial charge in [0.2, 0.25) is 0 Å². The largest absolute Gasteiger partial charge is 0.412 e. The topological polar surface area (TPSA) is 149 Å². The van der Waals surface area contributed by atoms with Gasteiger partial charge in [0.25, 0.3) is 0 Å². The van der Waals surface area contributed by atoms with Crippen LogP contribution in [-0.4, -0.2) is 112 Å². The maximum atomic E-state index is 12.8.